The number of ether oxygens (including phenoxy) is 5. The van der Waals surface area contributed by atoms with Gasteiger partial charge in [-0.3, -0.25) is 4.79 Å². The summed E-state index contributed by atoms with van der Waals surface area (Å²) < 4.78 is 38.4. The molecule has 1 aromatic rings. The molecule has 2 aliphatic heterocycles. The highest BCUT2D eigenvalue weighted by Gasteiger charge is 2.53. The van der Waals surface area contributed by atoms with Crippen molar-refractivity contribution in [3.63, 3.8) is 0 Å². The van der Waals surface area contributed by atoms with Crippen molar-refractivity contribution in [3.05, 3.63) is 41.7 Å². The Balaban J connectivity index is 1.62. The highest BCUT2D eigenvalue weighted by Crippen LogP contribution is 2.47. The molecule has 2 heterocycles. The smallest absolute Gasteiger partial charge is 0.199 e. The van der Waals surface area contributed by atoms with E-state index in [1.165, 1.54) is 5.56 Å². The molecule has 0 aromatic heterocycles. The van der Waals surface area contributed by atoms with Crippen molar-refractivity contribution in [1.82, 2.24) is 0 Å². The third-order valence-electron chi connectivity index (χ3n) is 9.33. The van der Waals surface area contributed by atoms with Gasteiger partial charge in [-0.1, -0.05) is 38.5 Å². The van der Waals surface area contributed by atoms with Crippen LogP contribution in [0.1, 0.15) is 84.6 Å². The molecule has 8 heteroatoms. The number of benzene rings is 1. The van der Waals surface area contributed by atoms with Gasteiger partial charge >= 0.3 is 0 Å². The molecule has 1 aromatic carbocycles. The van der Waals surface area contributed by atoms with Crippen molar-refractivity contribution < 1.29 is 32.9 Å². The van der Waals surface area contributed by atoms with Gasteiger partial charge in [0, 0.05) is 25.9 Å². The highest BCUT2D eigenvalue weighted by molar-refractivity contribution is 6.74. The van der Waals surface area contributed by atoms with Crippen LogP contribution in [0.25, 0.3) is 0 Å². The first-order valence-electron chi connectivity index (χ1n) is 16.1. The number of aryl methyl sites for hydroxylation is 1. The first-order valence-corrected chi connectivity index (χ1v) is 19.0. The number of carbonyl (C=O) groups is 1. The van der Waals surface area contributed by atoms with Gasteiger partial charge in [0.25, 0.3) is 0 Å². The van der Waals surface area contributed by atoms with Crippen LogP contribution in [0.4, 0.5) is 0 Å². The maximum Gasteiger partial charge on any atom is 0.199 e. The SMILES string of the molecule is CC(=O)[C@H]1[C@@H](/C(=C\CCOc2ccc(C)cc2)OC2CCCCO2)[C@@H](OC2CCCCO2)C[C@H]1O[Si](C)(C)C(C)(C)C. The van der Waals surface area contributed by atoms with Crippen molar-refractivity contribution in [2.75, 3.05) is 19.8 Å². The van der Waals surface area contributed by atoms with Gasteiger partial charge in [0.15, 0.2) is 20.9 Å². The van der Waals surface area contributed by atoms with Crippen LogP contribution in [0, 0.1) is 18.8 Å². The summed E-state index contributed by atoms with van der Waals surface area (Å²) in [5.41, 5.74) is 1.20. The molecule has 4 rings (SSSR count). The largest absolute Gasteiger partial charge is 0.493 e. The molecule has 6 atom stereocenters. The number of carbonyl (C=O) groups excluding carboxylic acids is 1. The molecule has 0 spiro atoms. The molecule has 7 nitrogen and oxygen atoms in total. The second kappa shape index (κ2) is 14.8. The van der Waals surface area contributed by atoms with Gasteiger partial charge in [-0.25, -0.2) is 0 Å². The third kappa shape index (κ3) is 8.91. The molecule has 1 aliphatic carbocycles. The average molecular weight is 603 g/mol. The van der Waals surface area contributed by atoms with E-state index < -0.39 is 8.32 Å². The van der Waals surface area contributed by atoms with Crippen LogP contribution in [-0.4, -0.2) is 58.7 Å². The molecule has 42 heavy (non-hydrogen) atoms. The maximum atomic E-state index is 13.5. The molecule has 236 valence electrons. The minimum Gasteiger partial charge on any atom is -0.493 e. The Hall–Kier alpha value is -1.71. The third-order valence-corrected chi connectivity index (χ3v) is 13.8. The van der Waals surface area contributed by atoms with Gasteiger partial charge in [-0.15, -0.1) is 0 Å². The molecular weight excluding hydrogens is 548 g/mol. The van der Waals surface area contributed by atoms with Crippen molar-refractivity contribution in [2.24, 2.45) is 11.8 Å². The van der Waals surface area contributed by atoms with Crippen molar-refractivity contribution in [3.8, 4) is 5.75 Å². The Bertz CT molecular complexity index is 1020. The second-order valence-corrected chi connectivity index (χ2v) is 18.5. The first-order chi connectivity index (χ1) is 19.9. The minimum atomic E-state index is -2.16. The second-order valence-electron chi connectivity index (χ2n) is 13.8. The van der Waals surface area contributed by atoms with Gasteiger partial charge in [-0.05, 0) is 82.3 Å². The van der Waals surface area contributed by atoms with E-state index >= 15 is 0 Å². The van der Waals surface area contributed by atoms with Crippen LogP contribution in [0.2, 0.25) is 18.1 Å². The summed E-state index contributed by atoms with van der Waals surface area (Å²) >= 11 is 0. The molecule has 2 unspecified atom stereocenters. The summed E-state index contributed by atoms with van der Waals surface area (Å²) in [7, 11) is -2.16. The zero-order valence-corrected chi connectivity index (χ0v) is 28.0. The Kier molecular flexibility index (Phi) is 11.7. The summed E-state index contributed by atoms with van der Waals surface area (Å²) in [4.78, 5) is 13.5. The Morgan fingerprint density at radius 3 is 2.17 bits per heavy atom. The normalized spacial score (nSPS) is 29.4. The predicted octanol–water partition coefficient (Wildman–Crippen LogP) is 7.72. The average Bonchev–Trinajstić information content (AvgIpc) is 3.28. The number of rotatable bonds is 12. The van der Waals surface area contributed by atoms with E-state index in [9.17, 15) is 4.79 Å². The van der Waals surface area contributed by atoms with Crippen LogP contribution >= 0.6 is 0 Å². The van der Waals surface area contributed by atoms with Crippen LogP contribution in [-0.2, 0) is 28.2 Å². The Morgan fingerprint density at radius 1 is 0.952 bits per heavy atom. The number of Topliss-reactive ketones (excluding diaryl/α,β-unsaturated/α-hetero) is 1. The highest BCUT2D eigenvalue weighted by atomic mass is 28.4. The molecular formula is C34H54O7Si. The van der Waals surface area contributed by atoms with Crippen LogP contribution in [0.5, 0.6) is 5.75 Å². The lowest BCUT2D eigenvalue weighted by atomic mass is 9.88. The van der Waals surface area contributed by atoms with Gasteiger partial charge < -0.3 is 28.1 Å². The van der Waals surface area contributed by atoms with E-state index in [-0.39, 0.29) is 47.4 Å². The monoisotopic (exact) mass is 602 g/mol. The van der Waals surface area contributed by atoms with E-state index in [2.05, 4.69) is 46.9 Å². The summed E-state index contributed by atoms with van der Waals surface area (Å²) in [6.07, 6.45) is 8.17. The molecule has 3 fully saturated rings. The zero-order valence-electron chi connectivity index (χ0n) is 27.0. The molecule has 3 aliphatic rings. The number of hydrogen-bond donors (Lipinski definition) is 0. The van der Waals surface area contributed by atoms with E-state index in [1.807, 2.05) is 24.3 Å². The zero-order chi connectivity index (χ0) is 30.3. The van der Waals surface area contributed by atoms with Crippen LogP contribution in [0.3, 0.4) is 0 Å². The fraction of sp³-hybridized carbons (Fsp3) is 0.735. The van der Waals surface area contributed by atoms with Gasteiger partial charge in [-0.2, -0.15) is 0 Å². The molecule has 0 radical (unpaired) electrons. The fourth-order valence-electron chi connectivity index (χ4n) is 5.92. The summed E-state index contributed by atoms with van der Waals surface area (Å²) in [6, 6.07) is 8.08. The lowest BCUT2D eigenvalue weighted by Crippen LogP contribution is -2.46. The lowest BCUT2D eigenvalue weighted by molar-refractivity contribution is -0.201. The topological polar surface area (TPSA) is 72.5 Å². The number of hydrogen-bond acceptors (Lipinski definition) is 7. The van der Waals surface area contributed by atoms with Gasteiger partial charge in [0.05, 0.1) is 37.3 Å². The van der Waals surface area contributed by atoms with Crippen LogP contribution in [0.15, 0.2) is 36.1 Å². The van der Waals surface area contributed by atoms with Gasteiger partial charge in [0.1, 0.15) is 17.3 Å². The molecule has 1 saturated carbocycles. The van der Waals surface area contributed by atoms with Crippen molar-refractivity contribution >= 4 is 14.1 Å². The Labute approximate surface area is 254 Å². The minimum absolute atomic E-state index is 0.0215. The fourth-order valence-corrected chi connectivity index (χ4v) is 7.27. The van der Waals surface area contributed by atoms with Crippen LogP contribution < -0.4 is 4.74 Å². The van der Waals surface area contributed by atoms with Crippen molar-refractivity contribution in [2.45, 2.75) is 129 Å². The van der Waals surface area contributed by atoms with E-state index in [4.69, 9.17) is 28.1 Å². The lowest BCUT2D eigenvalue weighted by Gasteiger charge is -2.40. The van der Waals surface area contributed by atoms with Gasteiger partial charge in [0.2, 0.25) is 0 Å². The standard InChI is InChI=1S/C34H54O7Si/c1-24-16-18-26(19-17-24)36-22-12-13-27(39-30-14-8-10-20-37-30)33-28(40-31-15-9-11-21-38-31)23-29(32(33)25(2)35)41-42(6,7)34(3,4)5/h13,16-19,28-33H,8-12,14-15,20-23H2,1-7H3/b27-13+/t28-,29+,30?,31?,32+,33-/m0/s1. The molecule has 0 bridgehead atoms. The summed E-state index contributed by atoms with van der Waals surface area (Å²) in [6.45, 7) is 16.9. The molecule has 0 N–H and O–H groups in total. The quantitative estimate of drug-likeness (QED) is 0.138. The van der Waals surface area contributed by atoms with E-state index in [0.717, 1.165) is 50.0 Å². The molecule has 0 amide bonds. The van der Waals surface area contributed by atoms with E-state index in [1.54, 1.807) is 6.92 Å². The number of ketones is 1. The maximum absolute atomic E-state index is 13.5. The Morgan fingerprint density at radius 2 is 1.60 bits per heavy atom. The molecule has 2 saturated heterocycles. The summed E-state index contributed by atoms with van der Waals surface area (Å²) in [5, 5.41) is 0.0215. The summed E-state index contributed by atoms with van der Waals surface area (Å²) in [5.74, 6) is 1.05. The first kappa shape index (κ1) is 33.2. The van der Waals surface area contributed by atoms with E-state index in [0.29, 0.717) is 32.7 Å². The van der Waals surface area contributed by atoms with Crippen molar-refractivity contribution in [1.29, 1.82) is 0 Å². The predicted molar refractivity (Wildman–Crippen MR) is 167 cm³/mol.